The van der Waals surface area contributed by atoms with Crippen LogP contribution in [0.4, 0.5) is 5.82 Å². The lowest BCUT2D eigenvalue weighted by molar-refractivity contribution is 0.0985. The van der Waals surface area contributed by atoms with Crippen molar-refractivity contribution in [3.05, 3.63) is 35.2 Å². The van der Waals surface area contributed by atoms with Crippen LogP contribution < -0.4 is 9.64 Å². The topological polar surface area (TPSA) is 94.5 Å². The van der Waals surface area contributed by atoms with E-state index in [1.54, 1.807) is 7.11 Å². The second-order valence-electron chi connectivity index (χ2n) is 8.27. The van der Waals surface area contributed by atoms with Crippen molar-refractivity contribution >= 4 is 21.7 Å². The van der Waals surface area contributed by atoms with Crippen LogP contribution in [0.5, 0.6) is 5.88 Å². The van der Waals surface area contributed by atoms with Crippen LogP contribution in [0.15, 0.2) is 18.2 Å². The third kappa shape index (κ3) is 3.70. The van der Waals surface area contributed by atoms with Gasteiger partial charge in [0.2, 0.25) is 5.88 Å². The van der Waals surface area contributed by atoms with Gasteiger partial charge in [0.15, 0.2) is 15.7 Å². The molecule has 2 aromatic rings. The maximum Gasteiger partial charge on any atom is 0.213 e. The second kappa shape index (κ2) is 7.87. The lowest BCUT2D eigenvalue weighted by Gasteiger charge is -2.34. The van der Waals surface area contributed by atoms with Gasteiger partial charge in [-0.15, -0.1) is 0 Å². The summed E-state index contributed by atoms with van der Waals surface area (Å²) in [5, 5.41) is -0.586. The van der Waals surface area contributed by atoms with Gasteiger partial charge in [0.1, 0.15) is 11.1 Å². The van der Waals surface area contributed by atoms with Gasteiger partial charge < -0.3 is 14.4 Å². The third-order valence-electron chi connectivity index (χ3n) is 6.21. The molecule has 4 heterocycles. The largest absolute Gasteiger partial charge is 0.481 e. The van der Waals surface area contributed by atoms with Crippen molar-refractivity contribution in [2.75, 3.05) is 37.5 Å². The number of ether oxygens (including phenoxy) is 2. The van der Waals surface area contributed by atoms with E-state index in [4.69, 9.17) is 19.4 Å². The van der Waals surface area contributed by atoms with E-state index >= 15 is 0 Å². The minimum atomic E-state index is -3.21. The highest BCUT2D eigenvalue weighted by Crippen LogP contribution is 2.38. The number of sulfone groups is 1. The Kier molecular flexibility index (Phi) is 5.18. The number of methoxy groups -OCH3 is 1. The molecule has 2 aliphatic heterocycles. The molecule has 1 aliphatic carbocycles. The number of pyridine rings is 1. The molecule has 0 aromatic carbocycles. The lowest BCUT2D eigenvalue weighted by Crippen LogP contribution is -2.44. The summed E-state index contributed by atoms with van der Waals surface area (Å²) in [6.07, 6.45) is 6.06. The Labute approximate surface area is 182 Å². The number of rotatable bonds is 4. The van der Waals surface area contributed by atoms with Crippen LogP contribution in [-0.2, 0) is 21.0 Å². The molecule has 2 fully saturated rings. The first-order chi connectivity index (χ1) is 15.0. The van der Waals surface area contributed by atoms with E-state index in [0.29, 0.717) is 50.0 Å². The van der Waals surface area contributed by atoms with Crippen molar-refractivity contribution in [3.8, 4) is 17.3 Å². The van der Waals surface area contributed by atoms with Crippen LogP contribution >= 0.6 is 0 Å². The highest BCUT2D eigenvalue weighted by atomic mass is 32.2. The van der Waals surface area contributed by atoms with E-state index in [0.717, 1.165) is 29.1 Å². The summed E-state index contributed by atoms with van der Waals surface area (Å²) in [5.74, 6) is 1.96. The zero-order valence-electron chi connectivity index (χ0n) is 17.7. The zero-order valence-corrected chi connectivity index (χ0v) is 18.6. The molecule has 2 aromatic heterocycles. The Morgan fingerprint density at radius 3 is 2.84 bits per heavy atom. The minimum absolute atomic E-state index is 0.141. The predicted molar refractivity (Wildman–Crippen MR) is 118 cm³/mol. The van der Waals surface area contributed by atoms with Gasteiger partial charge >= 0.3 is 0 Å². The predicted octanol–water partition coefficient (Wildman–Crippen LogP) is 2.59. The van der Waals surface area contributed by atoms with Crippen LogP contribution in [-0.4, -0.2) is 62.0 Å². The normalized spacial score (nSPS) is 24.4. The van der Waals surface area contributed by atoms with Gasteiger partial charge in [0.25, 0.3) is 0 Å². The Hall–Kier alpha value is -2.52. The molecule has 0 saturated carbocycles. The van der Waals surface area contributed by atoms with E-state index in [-0.39, 0.29) is 11.8 Å². The highest BCUT2D eigenvalue weighted by Gasteiger charge is 2.35. The first-order valence-electron chi connectivity index (χ1n) is 10.7. The van der Waals surface area contributed by atoms with Crippen LogP contribution in [0, 0.1) is 0 Å². The fraction of sp³-hybridized carbons (Fsp3) is 0.500. The molecular formula is C22H26N4O4S. The SMILES string of the molecule is COc1cc(-c2nc([C@@H]3CCCS3(=O)=O)cc(N3CCOC[C@H]3C)n2)c2c(n1)CC=C2. The van der Waals surface area contributed by atoms with Gasteiger partial charge in [-0.3, -0.25) is 0 Å². The monoisotopic (exact) mass is 442 g/mol. The van der Waals surface area contributed by atoms with Gasteiger partial charge in [-0.05, 0) is 19.8 Å². The quantitative estimate of drug-likeness (QED) is 0.713. The van der Waals surface area contributed by atoms with Crippen molar-refractivity contribution < 1.29 is 17.9 Å². The molecule has 5 rings (SSSR count). The Morgan fingerprint density at radius 2 is 2.10 bits per heavy atom. The number of morpholine rings is 1. The van der Waals surface area contributed by atoms with Crippen molar-refractivity contribution in [1.29, 1.82) is 0 Å². The minimum Gasteiger partial charge on any atom is -0.481 e. The molecule has 0 bridgehead atoms. The zero-order chi connectivity index (χ0) is 21.6. The van der Waals surface area contributed by atoms with E-state index < -0.39 is 15.1 Å². The summed E-state index contributed by atoms with van der Waals surface area (Å²) in [5.41, 5.74) is 3.27. The summed E-state index contributed by atoms with van der Waals surface area (Å²) < 4.78 is 36.4. The summed E-state index contributed by atoms with van der Waals surface area (Å²) in [6.45, 7) is 4.01. The Bertz CT molecular complexity index is 1150. The van der Waals surface area contributed by atoms with Crippen molar-refractivity contribution in [2.24, 2.45) is 0 Å². The number of aromatic nitrogens is 3. The molecule has 164 valence electrons. The molecule has 2 saturated heterocycles. The number of hydrogen-bond acceptors (Lipinski definition) is 8. The second-order valence-corrected chi connectivity index (χ2v) is 10.6. The maximum absolute atomic E-state index is 12.7. The van der Waals surface area contributed by atoms with Gasteiger partial charge in [-0.25, -0.2) is 23.4 Å². The van der Waals surface area contributed by atoms with E-state index in [2.05, 4.69) is 22.9 Å². The van der Waals surface area contributed by atoms with Crippen LogP contribution in [0.2, 0.25) is 0 Å². The number of hydrogen-bond donors (Lipinski definition) is 0. The van der Waals surface area contributed by atoms with E-state index in [9.17, 15) is 8.42 Å². The maximum atomic E-state index is 12.7. The standard InChI is InChI=1S/C22H26N4O4S/c1-14-13-30-9-8-26(14)20-12-18(19-7-4-10-31(19,27)28)24-22(25-20)16-11-21(29-2)23-17-6-3-5-15(16)17/h3,5,11-12,14,19H,4,6-10,13H2,1-2H3/t14-,19+/m1/s1. The number of fused-ring (bicyclic) bond motifs is 1. The number of nitrogens with zero attached hydrogens (tertiary/aromatic N) is 4. The van der Waals surface area contributed by atoms with Crippen molar-refractivity contribution in [3.63, 3.8) is 0 Å². The van der Waals surface area contributed by atoms with Crippen LogP contribution in [0.1, 0.15) is 42.0 Å². The molecule has 3 aliphatic rings. The van der Waals surface area contributed by atoms with Crippen LogP contribution in [0.25, 0.3) is 17.5 Å². The van der Waals surface area contributed by atoms with Crippen molar-refractivity contribution in [2.45, 2.75) is 37.5 Å². The first-order valence-corrected chi connectivity index (χ1v) is 12.4. The first kappa shape index (κ1) is 20.4. The molecular weight excluding hydrogens is 416 g/mol. The van der Waals surface area contributed by atoms with E-state index in [1.165, 1.54) is 0 Å². The molecule has 31 heavy (non-hydrogen) atoms. The van der Waals surface area contributed by atoms with Gasteiger partial charge in [0.05, 0.1) is 43.5 Å². The number of anilines is 1. The summed E-state index contributed by atoms with van der Waals surface area (Å²) in [6, 6.07) is 3.83. The van der Waals surface area contributed by atoms with Gasteiger partial charge in [-0.2, -0.15) is 0 Å². The molecule has 8 nitrogen and oxygen atoms in total. The lowest BCUT2D eigenvalue weighted by atomic mass is 10.1. The van der Waals surface area contributed by atoms with Crippen molar-refractivity contribution in [1.82, 2.24) is 15.0 Å². The highest BCUT2D eigenvalue weighted by molar-refractivity contribution is 7.91. The molecule has 0 spiro atoms. The molecule has 9 heteroatoms. The van der Waals surface area contributed by atoms with Gasteiger partial charge in [-0.1, -0.05) is 12.2 Å². The summed E-state index contributed by atoms with van der Waals surface area (Å²) in [7, 11) is -1.62. The smallest absolute Gasteiger partial charge is 0.213 e. The van der Waals surface area contributed by atoms with Crippen LogP contribution in [0.3, 0.4) is 0 Å². The molecule has 0 radical (unpaired) electrons. The average Bonchev–Trinajstić information content (AvgIpc) is 3.38. The summed E-state index contributed by atoms with van der Waals surface area (Å²) in [4.78, 5) is 16.4. The average molecular weight is 443 g/mol. The molecule has 2 atom stereocenters. The fourth-order valence-electron chi connectivity index (χ4n) is 4.58. The van der Waals surface area contributed by atoms with Gasteiger partial charge in [0, 0.05) is 36.2 Å². The molecule has 0 N–H and O–H groups in total. The molecule has 0 unspecified atom stereocenters. The molecule has 0 amide bonds. The Morgan fingerprint density at radius 1 is 1.23 bits per heavy atom. The summed E-state index contributed by atoms with van der Waals surface area (Å²) >= 11 is 0. The number of allylic oxidation sites excluding steroid dienone is 1. The van der Waals surface area contributed by atoms with E-state index in [1.807, 2.05) is 18.2 Å². The third-order valence-corrected chi connectivity index (χ3v) is 8.41. The fourth-order valence-corrected chi connectivity index (χ4v) is 6.45. The Balaban J connectivity index is 1.69.